The first-order chi connectivity index (χ1) is 12.5. The average molecular weight is 359 g/mol. The Hall–Kier alpha value is -2.08. The van der Waals surface area contributed by atoms with Crippen molar-refractivity contribution < 1.29 is 14.3 Å². The van der Waals surface area contributed by atoms with Crippen LogP contribution in [-0.2, 0) is 4.79 Å². The van der Waals surface area contributed by atoms with Crippen LogP contribution in [0.25, 0.3) is 0 Å². The highest BCUT2D eigenvalue weighted by Gasteiger charge is 2.35. The van der Waals surface area contributed by atoms with E-state index in [1.807, 2.05) is 13.8 Å². The Morgan fingerprint density at radius 2 is 1.73 bits per heavy atom. The van der Waals surface area contributed by atoms with Gasteiger partial charge in [0.15, 0.2) is 0 Å². The van der Waals surface area contributed by atoms with Gasteiger partial charge in [-0.1, -0.05) is 13.8 Å². The second-order valence-corrected chi connectivity index (χ2v) is 7.74. The lowest BCUT2D eigenvalue weighted by atomic mass is 9.97. The van der Waals surface area contributed by atoms with Crippen LogP contribution in [0.2, 0.25) is 0 Å². The van der Waals surface area contributed by atoms with Gasteiger partial charge < -0.3 is 20.7 Å². The summed E-state index contributed by atoms with van der Waals surface area (Å²) in [5.74, 6) is 0.371. The molecule has 2 bridgehead atoms. The van der Waals surface area contributed by atoms with Crippen LogP contribution in [0.3, 0.4) is 0 Å². The zero-order chi connectivity index (χ0) is 18.7. The minimum atomic E-state index is -0.544. The third-order valence-electron chi connectivity index (χ3n) is 5.41. The number of benzene rings is 1. The predicted molar refractivity (Wildman–Crippen MR) is 100 cm³/mol. The summed E-state index contributed by atoms with van der Waals surface area (Å²) in [7, 11) is 1.58. The van der Waals surface area contributed by atoms with Crippen molar-refractivity contribution in [3.8, 4) is 5.75 Å². The fourth-order valence-electron chi connectivity index (χ4n) is 3.97. The van der Waals surface area contributed by atoms with Gasteiger partial charge in [0, 0.05) is 23.7 Å². The van der Waals surface area contributed by atoms with Crippen molar-refractivity contribution in [2.45, 2.75) is 63.7 Å². The van der Waals surface area contributed by atoms with Crippen molar-refractivity contribution in [1.29, 1.82) is 0 Å². The zero-order valence-corrected chi connectivity index (χ0v) is 15.7. The molecule has 2 heterocycles. The highest BCUT2D eigenvalue weighted by Crippen LogP contribution is 2.26. The molecule has 1 aromatic carbocycles. The van der Waals surface area contributed by atoms with E-state index in [0.717, 1.165) is 12.8 Å². The molecule has 0 spiro atoms. The van der Waals surface area contributed by atoms with Crippen molar-refractivity contribution in [3.05, 3.63) is 29.8 Å². The van der Waals surface area contributed by atoms with Crippen LogP contribution in [0, 0.1) is 5.92 Å². The monoisotopic (exact) mass is 359 g/mol. The molecule has 142 valence electrons. The first-order valence-electron chi connectivity index (χ1n) is 9.47. The normalized spacial score (nSPS) is 25.6. The number of hydrogen-bond acceptors (Lipinski definition) is 4. The third kappa shape index (κ3) is 4.36. The number of rotatable bonds is 6. The Bertz CT molecular complexity index is 632. The Morgan fingerprint density at radius 3 is 2.27 bits per heavy atom. The van der Waals surface area contributed by atoms with Gasteiger partial charge in [-0.3, -0.25) is 9.59 Å². The quantitative estimate of drug-likeness (QED) is 0.724. The lowest BCUT2D eigenvalue weighted by molar-refractivity contribution is -0.124. The molecule has 6 nitrogen and oxygen atoms in total. The molecule has 3 N–H and O–H groups in total. The molecule has 2 fully saturated rings. The first-order valence-corrected chi connectivity index (χ1v) is 9.47. The molecular formula is C20H29N3O3. The lowest BCUT2D eigenvalue weighted by Gasteiger charge is -2.31. The van der Waals surface area contributed by atoms with Crippen LogP contribution >= 0.6 is 0 Å². The first kappa shape index (κ1) is 18.7. The van der Waals surface area contributed by atoms with Crippen LogP contribution in [0.5, 0.6) is 5.75 Å². The van der Waals surface area contributed by atoms with E-state index in [4.69, 9.17) is 4.74 Å². The molecule has 0 aromatic heterocycles. The van der Waals surface area contributed by atoms with Gasteiger partial charge >= 0.3 is 0 Å². The number of hydrogen-bond donors (Lipinski definition) is 3. The number of carbonyl (C=O) groups is 2. The standard InChI is InChI=1S/C20H29N3O3/c1-12(2)18(23-19(24)13-4-8-17(26-3)9-5-13)20(25)22-16-10-14-6-7-15(11-16)21-14/h4-5,8-9,12,14-16,18,21H,6-7,10-11H2,1-3H3,(H,22,25)(H,23,24). The van der Waals surface area contributed by atoms with Crippen LogP contribution in [0.4, 0.5) is 0 Å². The molecule has 3 atom stereocenters. The van der Waals surface area contributed by atoms with E-state index < -0.39 is 6.04 Å². The van der Waals surface area contributed by atoms with Gasteiger partial charge in [-0.15, -0.1) is 0 Å². The predicted octanol–water partition coefficient (Wildman–Crippen LogP) is 1.85. The second-order valence-electron chi connectivity index (χ2n) is 7.74. The largest absolute Gasteiger partial charge is 0.497 e. The Morgan fingerprint density at radius 1 is 1.12 bits per heavy atom. The van der Waals surface area contributed by atoms with Gasteiger partial charge in [0.2, 0.25) is 5.91 Å². The Balaban J connectivity index is 1.60. The second kappa shape index (κ2) is 8.08. The van der Waals surface area contributed by atoms with E-state index in [-0.39, 0.29) is 23.8 Å². The summed E-state index contributed by atoms with van der Waals surface area (Å²) in [6, 6.07) is 7.57. The number of ether oxygens (including phenoxy) is 1. The van der Waals surface area contributed by atoms with E-state index in [1.165, 1.54) is 12.8 Å². The fourth-order valence-corrected chi connectivity index (χ4v) is 3.97. The minimum Gasteiger partial charge on any atom is -0.497 e. The number of nitrogens with one attached hydrogen (secondary N) is 3. The average Bonchev–Trinajstić information content (AvgIpc) is 2.97. The van der Waals surface area contributed by atoms with E-state index in [1.54, 1.807) is 31.4 Å². The maximum absolute atomic E-state index is 12.8. The van der Waals surface area contributed by atoms with Crippen molar-refractivity contribution in [2.24, 2.45) is 5.92 Å². The van der Waals surface area contributed by atoms with Crippen LogP contribution < -0.4 is 20.7 Å². The maximum atomic E-state index is 12.8. The van der Waals surface area contributed by atoms with Crippen molar-refractivity contribution >= 4 is 11.8 Å². The topological polar surface area (TPSA) is 79.5 Å². The Labute approximate surface area is 155 Å². The van der Waals surface area contributed by atoms with Crippen LogP contribution in [0.15, 0.2) is 24.3 Å². The number of piperidine rings is 1. The van der Waals surface area contributed by atoms with Crippen molar-refractivity contribution in [1.82, 2.24) is 16.0 Å². The summed E-state index contributed by atoms with van der Waals surface area (Å²) in [5.41, 5.74) is 0.518. The van der Waals surface area contributed by atoms with Gasteiger partial charge in [-0.25, -0.2) is 0 Å². The molecule has 2 aliphatic heterocycles. The zero-order valence-electron chi connectivity index (χ0n) is 15.7. The molecule has 1 aromatic rings. The molecule has 6 heteroatoms. The Kier molecular flexibility index (Phi) is 5.81. The number of carbonyl (C=O) groups excluding carboxylic acids is 2. The van der Waals surface area contributed by atoms with Crippen LogP contribution in [0.1, 0.15) is 49.9 Å². The molecule has 3 rings (SSSR count). The summed E-state index contributed by atoms with van der Waals surface area (Å²) in [6.45, 7) is 3.90. The van der Waals surface area contributed by atoms with Gasteiger partial charge in [0.1, 0.15) is 11.8 Å². The molecule has 2 saturated heterocycles. The molecule has 0 aliphatic carbocycles. The van der Waals surface area contributed by atoms with Gasteiger partial charge in [0.05, 0.1) is 7.11 Å². The van der Waals surface area contributed by atoms with Crippen LogP contribution in [-0.4, -0.2) is 43.1 Å². The van der Waals surface area contributed by atoms with Crippen molar-refractivity contribution in [2.75, 3.05) is 7.11 Å². The van der Waals surface area contributed by atoms with Crippen molar-refractivity contribution in [3.63, 3.8) is 0 Å². The molecular weight excluding hydrogens is 330 g/mol. The number of methoxy groups -OCH3 is 1. The maximum Gasteiger partial charge on any atom is 0.251 e. The third-order valence-corrected chi connectivity index (χ3v) is 5.41. The highest BCUT2D eigenvalue weighted by molar-refractivity contribution is 5.97. The summed E-state index contributed by atoms with van der Waals surface area (Å²) < 4.78 is 5.11. The van der Waals surface area contributed by atoms with E-state index in [2.05, 4.69) is 16.0 Å². The van der Waals surface area contributed by atoms with Gasteiger partial charge in [-0.2, -0.15) is 0 Å². The lowest BCUT2D eigenvalue weighted by Crippen LogP contribution is -2.55. The summed E-state index contributed by atoms with van der Waals surface area (Å²) in [6.07, 6.45) is 4.33. The minimum absolute atomic E-state index is 0.00985. The number of fused-ring (bicyclic) bond motifs is 2. The summed E-state index contributed by atoms with van der Waals surface area (Å²) in [4.78, 5) is 25.3. The molecule has 2 amide bonds. The van der Waals surface area contributed by atoms with E-state index in [0.29, 0.717) is 23.4 Å². The van der Waals surface area contributed by atoms with E-state index >= 15 is 0 Å². The molecule has 26 heavy (non-hydrogen) atoms. The molecule has 0 saturated carbocycles. The molecule has 2 aliphatic rings. The van der Waals surface area contributed by atoms with E-state index in [9.17, 15) is 9.59 Å². The number of amides is 2. The summed E-state index contributed by atoms with van der Waals surface area (Å²) in [5, 5.41) is 9.63. The fraction of sp³-hybridized carbons (Fsp3) is 0.600. The van der Waals surface area contributed by atoms with Gasteiger partial charge in [0.25, 0.3) is 5.91 Å². The smallest absolute Gasteiger partial charge is 0.251 e. The molecule has 3 unspecified atom stereocenters. The highest BCUT2D eigenvalue weighted by atomic mass is 16.5. The summed E-state index contributed by atoms with van der Waals surface area (Å²) >= 11 is 0. The molecule has 0 radical (unpaired) electrons. The van der Waals surface area contributed by atoms with Gasteiger partial charge in [-0.05, 0) is 55.9 Å². The SMILES string of the molecule is COc1ccc(C(=O)NC(C(=O)NC2CC3CCC(C2)N3)C(C)C)cc1.